The van der Waals surface area contributed by atoms with Crippen molar-refractivity contribution in [3.63, 3.8) is 0 Å². The number of hydrogen-bond donors (Lipinski definition) is 1. The van der Waals surface area contributed by atoms with E-state index in [2.05, 4.69) is 11.6 Å². The maximum Gasteiger partial charge on any atom is 0.240 e. The molecule has 1 aromatic carbocycles. The highest BCUT2D eigenvalue weighted by Gasteiger charge is 2.14. The number of benzene rings is 1. The molecule has 0 aromatic heterocycles. The normalized spacial score (nSPS) is 11.6. The van der Waals surface area contributed by atoms with Gasteiger partial charge in [0.1, 0.15) is 0 Å². The number of rotatable bonds is 5. The van der Waals surface area contributed by atoms with Crippen molar-refractivity contribution in [1.82, 2.24) is 4.72 Å². The van der Waals surface area contributed by atoms with Crippen LogP contribution >= 0.6 is 0 Å². The zero-order valence-corrected chi connectivity index (χ0v) is 9.97. The molecule has 0 radical (unpaired) electrons. The molecular weight excluding hydrogens is 210 g/mol. The maximum atomic E-state index is 11.7. The molecule has 0 saturated heterocycles. The summed E-state index contributed by atoms with van der Waals surface area (Å²) in [7, 11) is -1.87. The number of sulfonamides is 1. The highest BCUT2D eigenvalue weighted by atomic mass is 32.2. The highest BCUT2D eigenvalue weighted by Crippen LogP contribution is 2.16. The first kappa shape index (κ1) is 12.2. The van der Waals surface area contributed by atoms with Crippen LogP contribution in [-0.2, 0) is 16.4 Å². The summed E-state index contributed by atoms with van der Waals surface area (Å²) in [5, 5.41) is 0. The van der Waals surface area contributed by atoms with E-state index >= 15 is 0 Å². The zero-order valence-electron chi connectivity index (χ0n) is 9.16. The van der Waals surface area contributed by atoms with E-state index in [4.69, 9.17) is 0 Å². The Morgan fingerprint density at radius 1 is 1.27 bits per heavy atom. The fourth-order valence-electron chi connectivity index (χ4n) is 1.45. The van der Waals surface area contributed by atoms with Gasteiger partial charge in [0.2, 0.25) is 10.0 Å². The van der Waals surface area contributed by atoms with Crippen molar-refractivity contribution in [3.8, 4) is 0 Å². The third-order valence-electron chi connectivity index (χ3n) is 2.33. The first-order valence-electron chi connectivity index (χ1n) is 5.13. The Labute approximate surface area is 91.6 Å². The Morgan fingerprint density at radius 3 is 2.53 bits per heavy atom. The van der Waals surface area contributed by atoms with Crippen molar-refractivity contribution >= 4 is 10.0 Å². The van der Waals surface area contributed by atoms with Crippen molar-refractivity contribution in [2.45, 2.75) is 31.1 Å². The lowest BCUT2D eigenvalue weighted by Crippen LogP contribution is -2.20. The molecule has 0 aliphatic rings. The Morgan fingerprint density at radius 2 is 1.93 bits per heavy atom. The Kier molecular flexibility index (Phi) is 4.29. The maximum absolute atomic E-state index is 11.7. The second-order valence-corrected chi connectivity index (χ2v) is 5.27. The van der Waals surface area contributed by atoms with Gasteiger partial charge < -0.3 is 0 Å². The van der Waals surface area contributed by atoms with Crippen LogP contribution in [0.25, 0.3) is 0 Å². The Hall–Kier alpha value is -0.870. The van der Waals surface area contributed by atoms with Crippen molar-refractivity contribution in [2.75, 3.05) is 7.05 Å². The van der Waals surface area contributed by atoms with Gasteiger partial charge in [-0.25, -0.2) is 13.1 Å². The van der Waals surface area contributed by atoms with Crippen molar-refractivity contribution in [1.29, 1.82) is 0 Å². The summed E-state index contributed by atoms with van der Waals surface area (Å²) >= 11 is 0. The first-order chi connectivity index (χ1) is 7.11. The first-order valence-corrected chi connectivity index (χ1v) is 6.61. The molecule has 0 aliphatic heterocycles. The fraction of sp³-hybridized carbons (Fsp3) is 0.455. The summed E-state index contributed by atoms with van der Waals surface area (Å²) in [6.07, 6.45) is 2.89. The lowest BCUT2D eigenvalue weighted by Gasteiger charge is -2.08. The van der Waals surface area contributed by atoms with Crippen molar-refractivity contribution in [3.05, 3.63) is 29.8 Å². The van der Waals surface area contributed by atoms with E-state index in [0.717, 1.165) is 24.8 Å². The molecule has 15 heavy (non-hydrogen) atoms. The number of unbranched alkanes of at least 4 members (excludes halogenated alkanes) is 1. The van der Waals surface area contributed by atoms with E-state index in [1.165, 1.54) is 7.05 Å². The van der Waals surface area contributed by atoms with Crippen LogP contribution in [0.4, 0.5) is 0 Å². The molecule has 1 aromatic rings. The molecule has 0 heterocycles. The van der Waals surface area contributed by atoms with E-state index in [-0.39, 0.29) is 0 Å². The van der Waals surface area contributed by atoms with E-state index in [0.29, 0.717) is 4.90 Å². The summed E-state index contributed by atoms with van der Waals surface area (Å²) in [4.78, 5) is 0.404. The molecule has 0 unspecified atom stereocenters. The minimum atomic E-state index is -3.31. The van der Waals surface area contributed by atoms with Crippen LogP contribution in [0.5, 0.6) is 0 Å². The largest absolute Gasteiger partial charge is 0.240 e. The van der Waals surface area contributed by atoms with Gasteiger partial charge in [0.15, 0.2) is 0 Å². The Balaban J connectivity index is 3.07. The topological polar surface area (TPSA) is 46.2 Å². The summed E-state index contributed by atoms with van der Waals surface area (Å²) < 4.78 is 25.7. The molecule has 3 nitrogen and oxygen atoms in total. The number of aryl methyl sites for hydroxylation is 1. The molecule has 0 fully saturated rings. The quantitative estimate of drug-likeness (QED) is 0.835. The van der Waals surface area contributed by atoms with Crippen molar-refractivity contribution < 1.29 is 8.42 Å². The second kappa shape index (κ2) is 5.28. The van der Waals surface area contributed by atoms with Gasteiger partial charge in [0.25, 0.3) is 0 Å². The smallest absolute Gasteiger partial charge is 0.214 e. The Bertz CT molecular complexity index is 412. The van der Waals surface area contributed by atoms with Crippen LogP contribution in [0.15, 0.2) is 29.2 Å². The van der Waals surface area contributed by atoms with Crippen LogP contribution in [0.2, 0.25) is 0 Å². The molecule has 0 amide bonds. The van der Waals surface area contributed by atoms with Gasteiger partial charge in [-0.15, -0.1) is 0 Å². The van der Waals surface area contributed by atoms with Crippen LogP contribution in [0.3, 0.4) is 0 Å². The van der Waals surface area contributed by atoms with Gasteiger partial charge in [-0.1, -0.05) is 31.5 Å². The molecular formula is C11H17NO2S. The molecule has 1 N–H and O–H groups in total. The summed E-state index contributed by atoms with van der Waals surface area (Å²) in [5.74, 6) is 0. The monoisotopic (exact) mass is 227 g/mol. The molecule has 84 valence electrons. The molecule has 0 atom stereocenters. The van der Waals surface area contributed by atoms with Crippen LogP contribution in [0, 0.1) is 0 Å². The van der Waals surface area contributed by atoms with Gasteiger partial charge in [-0.3, -0.25) is 0 Å². The average molecular weight is 227 g/mol. The molecule has 0 saturated carbocycles. The highest BCUT2D eigenvalue weighted by molar-refractivity contribution is 7.89. The molecule has 0 bridgehead atoms. The SMILES string of the molecule is CCCCc1ccccc1S(=O)(=O)NC. The third kappa shape index (κ3) is 3.04. The predicted octanol–water partition coefficient (Wildman–Crippen LogP) is 1.94. The molecule has 0 spiro atoms. The summed E-state index contributed by atoms with van der Waals surface area (Å²) in [6, 6.07) is 7.15. The van der Waals surface area contributed by atoms with E-state index in [1.54, 1.807) is 12.1 Å². The average Bonchev–Trinajstić information content (AvgIpc) is 2.26. The summed E-state index contributed by atoms with van der Waals surface area (Å²) in [6.45, 7) is 2.09. The van der Waals surface area contributed by atoms with Crippen LogP contribution in [-0.4, -0.2) is 15.5 Å². The van der Waals surface area contributed by atoms with Crippen LogP contribution < -0.4 is 4.72 Å². The number of nitrogens with one attached hydrogen (secondary N) is 1. The molecule has 1 rings (SSSR count). The lowest BCUT2D eigenvalue weighted by molar-refractivity contribution is 0.586. The van der Waals surface area contributed by atoms with Gasteiger partial charge in [-0.05, 0) is 31.5 Å². The number of hydrogen-bond acceptors (Lipinski definition) is 2. The van der Waals surface area contributed by atoms with Gasteiger partial charge in [0, 0.05) is 0 Å². The summed E-state index contributed by atoms with van der Waals surface area (Å²) in [5.41, 5.74) is 0.897. The zero-order chi connectivity index (χ0) is 11.3. The van der Waals surface area contributed by atoms with Gasteiger partial charge in [-0.2, -0.15) is 0 Å². The van der Waals surface area contributed by atoms with E-state index in [1.807, 2.05) is 12.1 Å². The van der Waals surface area contributed by atoms with E-state index in [9.17, 15) is 8.42 Å². The predicted molar refractivity (Wildman–Crippen MR) is 61.3 cm³/mol. The molecule has 0 aliphatic carbocycles. The third-order valence-corrected chi connectivity index (χ3v) is 3.85. The van der Waals surface area contributed by atoms with Crippen LogP contribution in [0.1, 0.15) is 25.3 Å². The minimum absolute atomic E-state index is 0.404. The van der Waals surface area contributed by atoms with Gasteiger partial charge >= 0.3 is 0 Å². The van der Waals surface area contributed by atoms with E-state index < -0.39 is 10.0 Å². The lowest BCUT2D eigenvalue weighted by atomic mass is 10.1. The second-order valence-electron chi connectivity index (χ2n) is 3.42. The standard InChI is InChI=1S/C11H17NO2S/c1-3-4-7-10-8-5-6-9-11(10)15(13,14)12-2/h5-6,8-9,12H,3-4,7H2,1-2H3. The molecule has 4 heteroatoms. The van der Waals surface area contributed by atoms with Crippen molar-refractivity contribution in [2.24, 2.45) is 0 Å². The fourth-order valence-corrected chi connectivity index (χ4v) is 2.44. The minimum Gasteiger partial charge on any atom is -0.214 e. The van der Waals surface area contributed by atoms with Gasteiger partial charge in [0.05, 0.1) is 4.90 Å².